The Balaban J connectivity index is 1.01. The lowest BCUT2D eigenvalue weighted by atomic mass is 9.81. The summed E-state index contributed by atoms with van der Waals surface area (Å²) in [5.41, 5.74) is 12.6. The van der Waals surface area contributed by atoms with E-state index >= 15 is 0 Å². The van der Waals surface area contributed by atoms with Gasteiger partial charge in [0.05, 0.1) is 5.75 Å². The van der Waals surface area contributed by atoms with Gasteiger partial charge in [-0.2, -0.15) is 8.42 Å². The summed E-state index contributed by atoms with van der Waals surface area (Å²) in [5.74, 6) is -0.217. The van der Waals surface area contributed by atoms with Crippen LogP contribution in [0.3, 0.4) is 0 Å². The van der Waals surface area contributed by atoms with E-state index in [0.717, 1.165) is 51.6 Å². The van der Waals surface area contributed by atoms with E-state index in [1.54, 1.807) is 11.3 Å². The molecule has 0 spiro atoms. The third-order valence-electron chi connectivity index (χ3n) is 13.8. The lowest BCUT2D eigenvalue weighted by Crippen LogP contribution is -2.17. The number of rotatable bonds is 28. The summed E-state index contributed by atoms with van der Waals surface area (Å²) < 4.78 is 31.7. The first-order chi connectivity index (χ1) is 32.0. The second-order valence-corrected chi connectivity index (χ2v) is 23.3. The minimum Gasteiger partial charge on any atom is -0.310 e. The van der Waals surface area contributed by atoms with Gasteiger partial charge in [0.1, 0.15) is 0 Å². The van der Waals surface area contributed by atoms with Crippen LogP contribution in [-0.2, 0) is 34.8 Å². The van der Waals surface area contributed by atoms with E-state index in [1.807, 2.05) is 11.3 Å². The molecule has 0 aliphatic heterocycles. The lowest BCUT2D eigenvalue weighted by molar-refractivity contribution is 0.481. The molecule has 6 aromatic rings. The Hall–Kier alpha value is -4.01. The Morgan fingerprint density at radius 3 is 1.42 bits per heavy atom. The SMILES string of the molecule is CCCCCCCCCCCCCCCCCCc1ccc2c(c1)C(C)(C)c1cc(N(c3ccc(-c4ccc(CCC)s4)cc3)c3ccc(-c4ccc(CCCS(=O)(=O)O)s4)cc3)ccc1-2. The monoisotopic (exact) mass is 941 g/mol. The number of unbranched alkanes of at least 4 members (excludes halogenated alkanes) is 15. The number of thiophene rings is 2. The van der Waals surface area contributed by atoms with E-state index in [9.17, 15) is 13.0 Å². The van der Waals surface area contributed by atoms with Crippen molar-refractivity contribution in [3.05, 3.63) is 136 Å². The first kappa shape index (κ1) is 49.9. The summed E-state index contributed by atoms with van der Waals surface area (Å²) in [5, 5.41) is 0. The Labute approximate surface area is 406 Å². The number of hydrogen-bond acceptors (Lipinski definition) is 5. The van der Waals surface area contributed by atoms with E-state index in [1.165, 1.54) is 146 Å². The van der Waals surface area contributed by atoms with Crippen LogP contribution in [-0.4, -0.2) is 18.7 Å². The third-order valence-corrected chi connectivity index (χ3v) is 17.0. The van der Waals surface area contributed by atoms with Gasteiger partial charge in [0.15, 0.2) is 0 Å². The largest absolute Gasteiger partial charge is 0.310 e. The fraction of sp³-hybridized carbons (Fsp3) is 0.458. The van der Waals surface area contributed by atoms with Crippen LogP contribution in [0.2, 0.25) is 0 Å². The summed E-state index contributed by atoms with van der Waals surface area (Å²) >= 11 is 3.57. The van der Waals surface area contributed by atoms with Crippen molar-refractivity contribution in [2.45, 2.75) is 168 Å². The summed E-state index contributed by atoms with van der Waals surface area (Å²) in [6.07, 6.45) is 26.8. The van der Waals surface area contributed by atoms with Gasteiger partial charge in [0.2, 0.25) is 0 Å². The van der Waals surface area contributed by atoms with Gasteiger partial charge in [-0.05, 0) is 132 Å². The summed E-state index contributed by atoms with van der Waals surface area (Å²) in [6, 6.07) is 41.0. The maximum atomic E-state index is 11.3. The smallest absolute Gasteiger partial charge is 0.264 e. The Bertz CT molecular complexity index is 2530. The maximum Gasteiger partial charge on any atom is 0.264 e. The molecule has 352 valence electrons. The molecule has 4 nitrogen and oxygen atoms in total. The first-order valence-corrected chi connectivity index (χ1v) is 28.7. The third kappa shape index (κ3) is 13.6. The average Bonchev–Trinajstić information content (AvgIpc) is 4.04. The number of anilines is 3. The predicted molar refractivity (Wildman–Crippen MR) is 287 cm³/mol. The van der Waals surface area contributed by atoms with Crippen LogP contribution in [0.25, 0.3) is 32.0 Å². The normalized spacial score (nSPS) is 13.0. The van der Waals surface area contributed by atoms with E-state index < -0.39 is 10.1 Å². The molecule has 0 radical (unpaired) electrons. The second-order valence-electron chi connectivity index (χ2n) is 19.4. The number of hydrogen-bond donors (Lipinski definition) is 1. The molecule has 7 rings (SSSR count). The van der Waals surface area contributed by atoms with E-state index in [-0.39, 0.29) is 11.2 Å². The Kier molecular flexibility index (Phi) is 18.4. The van der Waals surface area contributed by atoms with Crippen LogP contribution in [0.4, 0.5) is 17.1 Å². The molecule has 4 aromatic carbocycles. The zero-order chi connectivity index (χ0) is 46.4. The highest BCUT2D eigenvalue weighted by atomic mass is 32.2. The zero-order valence-corrected chi connectivity index (χ0v) is 42.8. The molecule has 0 saturated heterocycles. The van der Waals surface area contributed by atoms with Gasteiger partial charge in [-0.1, -0.05) is 179 Å². The molecule has 0 atom stereocenters. The molecule has 1 aliphatic rings. The molecular formula is C59H75NO3S3. The van der Waals surface area contributed by atoms with Crippen molar-refractivity contribution >= 4 is 49.9 Å². The fourth-order valence-corrected chi connectivity index (χ4v) is 12.6. The Morgan fingerprint density at radius 2 is 0.924 bits per heavy atom. The van der Waals surface area contributed by atoms with Crippen molar-refractivity contribution < 1.29 is 13.0 Å². The molecule has 2 heterocycles. The highest BCUT2D eigenvalue weighted by Crippen LogP contribution is 2.51. The van der Waals surface area contributed by atoms with Crippen LogP contribution >= 0.6 is 22.7 Å². The van der Waals surface area contributed by atoms with Gasteiger partial charge < -0.3 is 4.90 Å². The van der Waals surface area contributed by atoms with Gasteiger partial charge in [0, 0.05) is 42.0 Å². The predicted octanol–water partition coefficient (Wildman–Crippen LogP) is 18.5. The van der Waals surface area contributed by atoms with Gasteiger partial charge in [-0.3, -0.25) is 4.55 Å². The second kappa shape index (κ2) is 24.3. The minimum absolute atomic E-state index is 0.127. The van der Waals surface area contributed by atoms with Crippen molar-refractivity contribution in [2.75, 3.05) is 10.7 Å². The molecule has 7 heteroatoms. The van der Waals surface area contributed by atoms with Crippen LogP contribution < -0.4 is 4.90 Å². The highest BCUT2D eigenvalue weighted by Gasteiger charge is 2.36. The molecule has 1 aliphatic carbocycles. The molecule has 0 fully saturated rings. The topological polar surface area (TPSA) is 57.6 Å². The quantitative estimate of drug-likeness (QED) is 0.0393. The standard InChI is InChI=1S/C59H75NO3S3/c1-5-7-8-9-10-11-12-13-14-15-16-17-18-19-20-21-24-45-26-38-53-54-39-35-50(44-56(54)59(3,4)55(53)43-45)60(48-31-27-46(28-32-48)57-40-36-51(64-57)23-6-2)49-33-29-47(30-34-49)58-41-37-52(65-58)25-22-42-66(61,62)63/h26-41,43-44H,5-25,42H2,1-4H3,(H,61,62,63). The molecule has 0 amide bonds. The number of fused-ring (bicyclic) bond motifs is 3. The first-order valence-electron chi connectivity index (χ1n) is 25.5. The minimum atomic E-state index is -3.95. The van der Waals surface area contributed by atoms with Crippen molar-refractivity contribution in [1.29, 1.82) is 0 Å². The van der Waals surface area contributed by atoms with Crippen molar-refractivity contribution in [2.24, 2.45) is 0 Å². The van der Waals surface area contributed by atoms with Gasteiger partial charge in [-0.25, -0.2) is 0 Å². The fourth-order valence-electron chi connectivity index (χ4n) is 9.95. The van der Waals surface area contributed by atoms with Crippen molar-refractivity contribution in [1.82, 2.24) is 0 Å². The molecule has 1 N–H and O–H groups in total. The number of benzene rings is 4. The highest BCUT2D eigenvalue weighted by molar-refractivity contribution is 7.85. The Morgan fingerprint density at radius 1 is 0.470 bits per heavy atom. The maximum absolute atomic E-state index is 11.3. The molecule has 66 heavy (non-hydrogen) atoms. The van der Waals surface area contributed by atoms with E-state index in [4.69, 9.17) is 0 Å². The molecule has 0 bridgehead atoms. The summed E-state index contributed by atoms with van der Waals surface area (Å²) in [4.78, 5) is 7.38. The van der Waals surface area contributed by atoms with E-state index in [0.29, 0.717) is 12.8 Å². The average molecular weight is 942 g/mol. The number of aryl methyl sites for hydroxylation is 3. The lowest BCUT2D eigenvalue weighted by Gasteiger charge is -2.28. The number of nitrogens with zero attached hydrogens (tertiary/aromatic N) is 1. The van der Waals surface area contributed by atoms with Crippen molar-refractivity contribution in [3.63, 3.8) is 0 Å². The van der Waals surface area contributed by atoms with Crippen LogP contribution in [0.1, 0.15) is 170 Å². The molecule has 0 unspecified atom stereocenters. The molecular weight excluding hydrogens is 867 g/mol. The van der Waals surface area contributed by atoms with E-state index in [2.05, 4.69) is 142 Å². The van der Waals surface area contributed by atoms with Crippen LogP contribution in [0.5, 0.6) is 0 Å². The van der Waals surface area contributed by atoms with Gasteiger partial charge in [0.25, 0.3) is 10.1 Å². The van der Waals surface area contributed by atoms with Crippen LogP contribution in [0, 0.1) is 0 Å². The summed E-state index contributed by atoms with van der Waals surface area (Å²) in [7, 11) is -3.95. The van der Waals surface area contributed by atoms with Gasteiger partial charge >= 0.3 is 0 Å². The molecule has 2 aromatic heterocycles. The van der Waals surface area contributed by atoms with Crippen LogP contribution in [0.15, 0.2) is 109 Å². The molecule has 0 saturated carbocycles. The van der Waals surface area contributed by atoms with Crippen molar-refractivity contribution in [3.8, 4) is 32.0 Å². The van der Waals surface area contributed by atoms with Gasteiger partial charge in [-0.15, -0.1) is 22.7 Å². The summed E-state index contributed by atoms with van der Waals surface area (Å²) in [6.45, 7) is 9.34. The zero-order valence-electron chi connectivity index (χ0n) is 40.4.